The van der Waals surface area contributed by atoms with E-state index in [0.29, 0.717) is 0 Å². The molecule has 2 fully saturated rings. The first-order valence-electron chi connectivity index (χ1n) is 8.87. The van der Waals surface area contributed by atoms with Crippen molar-refractivity contribution >= 4 is 0 Å². The quantitative estimate of drug-likeness (QED) is 0.805. The number of ether oxygens (including phenoxy) is 2. The zero-order valence-corrected chi connectivity index (χ0v) is 14.3. The van der Waals surface area contributed by atoms with E-state index in [-0.39, 0.29) is 12.1 Å². The van der Waals surface area contributed by atoms with Gasteiger partial charge in [-0.15, -0.1) is 0 Å². The van der Waals surface area contributed by atoms with E-state index < -0.39 is 5.41 Å². The van der Waals surface area contributed by atoms with Gasteiger partial charge in [0.15, 0.2) is 11.5 Å². The Labute approximate surface area is 143 Å². The molecule has 2 saturated carbocycles. The minimum atomic E-state index is -0.507. The Morgan fingerprint density at radius 1 is 1.17 bits per heavy atom. The molecule has 1 aromatic rings. The van der Waals surface area contributed by atoms with Crippen LogP contribution in [0.25, 0.3) is 0 Å². The van der Waals surface area contributed by atoms with Crippen molar-refractivity contribution in [2.45, 2.75) is 68.9 Å². The summed E-state index contributed by atoms with van der Waals surface area (Å²) in [7, 11) is 1.65. The van der Waals surface area contributed by atoms with E-state index in [1.54, 1.807) is 7.11 Å². The van der Waals surface area contributed by atoms with Crippen LogP contribution in [0.3, 0.4) is 0 Å². The molecule has 130 valence electrons. The van der Waals surface area contributed by atoms with Gasteiger partial charge in [-0.2, -0.15) is 5.26 Å². The van der Waals surface area contributed by atoms with Crippen LogP contribution >= 0.6 is 0 Å². The van der Waals surface area contributed by atoms with Crippen molar-refractivity contribution in [2.75, 3.05) is 7.11 Å². The number of rotatable bonds is 5. The van der Waals surface area contributed by atoms with Gasteiger partial charge in [0.1, 0.15) is 0 Å². The van der Waals surface area contributed by atoms with E-state index in [1.165, 1.54) is 12.8 Å². The van der Waals surface area contributed by atoms with Gasteiger partial charge >= 0.3 is 0 Å². The van der Waals surface area contributed by atoms with Crippen molar-refractivity contribution in [1.82, 2.24) is 5.48 Å². The molecule has 0 aromatic heterocycles. The van der Waals surface area contributed by atoms with Gasteiger partial charge in [-0.3, -0.25) is 0 Å². The smallest absolute Gasteiger partial charge is 0.161 e. The van der Waals surface area contributed by atoms with Gasteiger partial charge in [0.25, 0.3) is 0 Å². The largest absolute Gasteiger partial charge is 0.493 e. The van der Waals surface area contributed by atoms with E-state index in [1.807, 2.05) is 18.2 Å². The second-order valence-electron chi connectivity index (χ2n) is 6.99. The van der Waals surface area contributed by atoms with E-state index in [2.05, 4.69) is 11.5 Å². The SMILES string of the molecule is COc1ccc([C@]2(C#N)CC[C@H](NO)CC2)cc1OC1CCCC1. The molecule has 0 spiro atoms. The van der Waals surface area contributed by atoms with Crippen LogP contribution < -0.4 is 15.0 Å². The fourth-order valence-corrected chi connectivity index (χ4v) is 3.96. The van der Waals surface area contributed by atoms with E-state index in [4.69, 9.17) is 14.7 Å². The molecule has 0 unspecified atom stereocenters. The number of methoxy groups -OCH3 is 1. The number of hydrogen-bond acceptors (Lipinski definition) is 5. The lowest BCUT2D eigenvalue weighted by molar-refractivity contribution is 0.0973. The monoisotopic (exact) mass is 330 g/mol. The molecule has 2 N–H and O–H groups in total. The van der Waals surface area contributed by atoms with Crippen molar-refractivity contribution < 1.29 is 14.7 Å². The highest BCUT2D eigenvalue weighted by molar-refractivity contribution is 5.47. The molecule has 2 aliphatic rings. The second-order valence-corrected chi connectivity index (χ2v) is 6.99. The molecule has 0 saturated heterocycles. The van der Waals surface area contributed by atoms with Gasteiger partial charge in [0, 0.05) is 6.04 Å². The summed E-state index contributed by atoms with van der Waals surface area (Å²) in [4.78, 5) is 0. The van der Waals surface area contributed by atoms with Crippen molar-refractivity contribution in [3.63, 3.8) is 0 Å². The van der Waals surface area contributed by atoms with Crippen LogP contribution in [0.1, 0.15) is 56.9 Å². The molecule has 0 atom stereocenters. The third-order valence-electron chi connectivity index (χ3n) is 5.55. The summed E-state index contributed by atoms with van der Waals surface area (Å²) in [6.07, 6.45) is 7.88. The molecule has 0 heterocycles. The molecule has 2 aliphatic carbocycles. The highest BCUT2D eigenvalue weighted by atomic mass is 16.5. The van der Waals surface area contributed by atoms with Gasteiger partial charge in [0.2, 0.25) is 0 Å². The van der Waals surface area contributed by atoms with Gasteiger partial charge in [-0.25, -0.2) is 5.48 Å². The molecule has 24 heavy (non-hydrogen) atoms. The number of nitrogens with zero attached hydrogens (tertiary/aromatic N) is 1. The summed E-state index contributed by atoms with van der Waals surface area (Å²) in [5.74, 6) is 1.48. The van der Waals surface area contributed by atoms with Crippen molar-refractivity contribution in [3.05, 3.63) is 23.8 Å². The second kappa shape index (κ2) is 7.42. The predicted molar refractivity (Wildman–Crippen MR) is 90.3 cm³/mol. The Bertz CT molecular complexity index is 597. The van der Waals surface area contributed by atoms with E-state index >= 15 is 0 Å². The Kier molecular flexibility index (Phi) is 5.27. The third-order valence-corrected chi connectivity index (χ3v) is 5.55. The van der Waals surface area contributed by atoms with Crippen LogP contribution in [0, 0.1) is 11.3 Å². The van der Waals surface area contributed by atoms with Crippen molar-refractivity contribution in [1.29, 1.82) is 5.26 Å². The van der Waals surface area contributed by atoms with Crippen LogP contribution in [0.4, 0.5) is 0 Å². The van der Waals surface area contributed by atoms with Gasteiger partial charge < -0.3 is 14.7 Å². The maximum Gasteiger partial charge on any atom is 0.161 e. The van der Waals surface area contributed by atoms with Gasteiger partial charge in [0.05, 0.1) is 24.7 Å². The third kappa shape index (κ3) is 3.35. The highest BCUT2D eigenvalue weighted by Gasteiger charge is 2.37. The molecule has 1 aromatic carbocycles. The van der Waals surface area contributed by atoms with Crippen LogP contribution in [0.15, 0.2) is 18.2 Å². The number of hydrogen-bond donors (Lipinski definition) is 2. The molecule has 5 heteroatoms. The Hall–Kier alpha value is -1.77. The van der Waals surface area contributed by atoms with Crippen LogP contribution in [-0.2, 0) is 5.41 Å². The summed E-state index contributed by atoms with van der Waals surface area (Å²) >= 11 is 0. The molecule has 5 nitrogen and oxygen atoms in total. The Balaban J connectivity index is 1.85. The molecule has 3 rings (SSSR count). The average molecular weight is 330 g/mol. The van der Waals surface area contributed by atoms with Crippen LogP contribution in [0.2, 0.25) is 0 Å². The normalized spacial score (nSPS) is 27.6. The summed E-state index contributed by atoms with van der Waals surface area (Å²) in [5, 5.41) is 19.0. The predicted octanol–water partition coefficient (Wildman–Crippen LogP) is 3.70. The topological polar surface area (TPSA) is 74.5 Å². The Morgan fingerprint density at radius 3 is 2.46 bits per heavy atom. The molecule has 0 bridgehead atoms. The minimum Gasteiger partial charge on any atom is -0.493 e. The summed E-state index contributed by atoms with van der Waals surface area (Å²) in [6, 6.07) is 8.50. The first-order chi connectivity index (χ1) is 11.7. The van der Waals surface area contributed by atoms with E-state index in [0.717, 1.165) is 55.6 Å². The first kappa shape index (κ1) is 17.1. The lowest BCUT2D eigenvalue weighted by Gasteiger charge is -2.35. The van der Waals surface area contributed by atoms with Crippen LogP contribution in [-0.4, -0.2) is 24.5 Å². The molecular weight excluding hydrogens is 304 g/mol. The molecule has 0 radical (unpaired) electrons. The van der Waals surface area contributed by atoms with E-state index in [9.17, 15) is 5.26 Å². The summed E-state index contributed by atoms with van der Waals surface area (Å²) in [5.41, 5.74) is 2.83. The zero-order chi connectivity index (χ0) is 17.0. The molecule has 0 amide bonds. The lowest BCUT2D eigenvalue weighted by atomic mass is 9.69. The van der Waals surface area contributed by atoms with Gasteiger partial charge in [-0.1, -0.05) is 6.07 Å². The summed E-state index contributed by atoms with van der Waals surface area (Å²) < 4.78 is 11.6. The van der Waals surface area contributed by atoms with Gasteiger partial charge in [-0.05, 0) is 69.1 Å². The fourth-order valence-electron chi connectivity index (χ4n) is 3.96. The number of benzene rings is 1. The van der Waals surface area contributed by atoms with Crippen LogP contribution in [0.5, 0.6) is 11.5 Å². The maximum atomic E-state index is 9.85. The minimum absolute atomic E-state index is 0.0823. The zero-order valence-electron chi connectivity index (χ0n) is 14.3. The standard InChI is InChI=1S/C19H26N2O3/c1-23-17-7-6-14(12-18(17)24-16-4-2-3-5-16)19(13-20)10-8-15(21-22)9-11-19/h6-7,12,15-16,21-22H,2-5,8-11H2,1H3/t15-,19+. The maximum absolute atomic E-state index is 9.85. The lowest BCUT2D eigenvalue weighted by Crippen LogP contribution is -2.37. The Morgan fingerprint density at radius 2 is 1.88 bits per heavy atom. The van der Waals surface area contributed by atoms with Crippen molar-refractivity contribution in [2.24, 2.45) is 0 Å². The number of nitriles is 1. The number of hydroxylamine groups is 1. The first-order valence-corrected chi connectivity index (χ1v) is 8.87. The molecule has 0 aliphatic heterocycles. The summed E-state index contributed by atoms with van der Waals surface area (Å²) in [6.45, 7) is 0. The average Bonchev–Trinajstić information content (AvgIpc) is 3.15. The highest BCUT2D eigenvalue weighted by Crippen LogP contribution is 2.42. The number of nitrogens with one attached hydrogen (secondary N) is 1. The fraction of sp³-hybridized carbons (Fsp3) is 0.632. The van der Waals surface area contributed by atoms with Crippen molar-refractivity contribution in [3.8, 4) is 17.6 Å². The molecular formula is C19H26N2O3.